The van der Waals surface area contributed by atoms with Crippen LogP contribution in [0.25, 0.3) is 23.7 Å². The van der Waals surface area contributed by atoms with Crippen LogP contribution in [0.3, 0.4) is 0 Å². The van der Waals surface area contributed by atoms with Gasteiger partial charge in [0.05, 0.1) is 5.69 Å². The summed E-state index contributed by atoms with van der Waals surface area (Å²) in [6.07, 6.45) is 11.0. The summed E-state index contributed by atoms with van der Waals surface area (Å²) in [5.74, 6) is 1.22. The molecule has 0 unspecified atom stereocenters. The summed E-state index contributed by atoms with van der Waals surface area (Å²) in [6.45, 7) is 1.49. The third-order valence-electron chi connectivity index (χ3n) is 4.88. The molecule has 0 amide bonds. The topological polar surface area (TPSA) is 67.7 Å². The van der Waals surface area contributed by atoms with Gasteiger partial charge < -0.3 is 4.90 Å². The van der Waals surface area contributed by atoms with Crippen molar-refractivity contribution in [2.24, 2.45) is 0 Å². The van der Waals surface area contributed by atoms with Gasteiger partial charge in [-0.3, -0.25) is 4.98 Å². The Kier molecular flexibility index (Phi) is 4.91. The molecule has 0 bridgehead atoms. The number of halogens is 1. The lowest BCUT2D eigenvalue weighted by Crippen LogP contribution is -2.17. The third-order valence-corrected chi connectivity index (χ3v) is 5.11. The van der Waals surface area contributed by atoms with E-state index in [1.807, 2.05) is 48.6 Å². The van der Waals surface area contributed by atoms with E-state index in [2.05, 4.69) is 30.9 Å². The van der Waals surface area contributed by atoms with Crippen molar-refractivity contribution in [1.29, 1.82) is 0 Å². The lowest BCUT2D eigenvalue weighted by Gasteiger charge is -2.15. The molecule has 0 atom stereocenters. The monoisotopic (exact) mass is 412 g/mol. The minimum absolute atomic E-state index is 0.565. The standard InChI is InChI=1S/C23H17ClN6/c24-19-3-2-17-14-30(15-18(17)13-19)23-27-12-8-21(29-23)22-26-11-7-20(28-22)4-1-16-5-9-25-10-6-16/h1-13H,14-15H2/b4-1+. The summed E-state index contributed by atoms with van der Waals surface area (Å²) >= 11 is 6.13. The van der Waals surface area contributed by atoms with Crippen LogP contribution in [0, 0.1) is 0 Å². The molecule has 0 radical (unpaired) electrons. The fourth-order valence-corrected chi connectivity index (χ4v) is 3.57. The minimum Gasteiger partial charge on any atom is -0.332 e. The van der Waals surface area contributed by atoms with E-state index >= 15 is 0 Å². The zero-order chi connectivity index (χ0) is 20.3. The number of aromatic nitrogens is 5. The predicted octanol–water partition coefficient (Wildman–Crippen LogP) is 4.67. The Balaban J connectivity index is 1.39. The van der Waals surface area contributed by atoms with Crippen LogP contribution >= 0.6 is 11.6 Å². The maximum absolute atomic E-state index is 6.13. The van der Waals surface area contributed by atoms with Crippen LogP contribution < -0.4 is 4.90 Å². The SMILES string of the molecule is Clc1ccc2c(c1)CN(c1nccc(-c3nccc(/C=C/c4ccncc4)n3)n1)C2. The number of rotatable bonds is 4. The lowest BCUT2D eigenvalue weighted by atomic mass is 10.1. The number of hydrogen-bond acceptors (Lipinski definition) is 6. The predicted molar refractivity (Wildman–Crippen MR) is 118 cm³/mol. The molecule has 1 aliphatic heterocycles. The van der Waals surface area contributed by atoms with E-state index in [0.717, 1.165) is 29.4 Å². The van der Waals surface area contributed by atoms with Crippen LogP contribution in [0.1, 0.15) is 22.4 Å². The molecule has 7 heteroatoms. The van der Waals surface area contributed by atoms with Gasteiger partial charge in [0.15, 0.2) is 5.82 Å². The first kappa shape index (κ1) is 18.4. The average Bonchev–Trinajstić information content (AvgIpc) is 3.22. The van der Waals surface area contributed by atoms with Crippen LogP contribution in [0.5, 0.6) is 0 Å². The molecule has 4 heterocycles. The Labute approximate surface area is 179 Å². The number of hydrogen-bond donors (Lipinski definition) is 0. The highest BCUT2D eigenvalue weighted by atomic mass is 35.5. The van der Waals surface area contributed by atoms with Crippen LogP contribution in [-0.4, -0.2) is 24.9 Å². The fourth-order valence-electron chi connectivity index (χ4n) is 3.37. The van der Waals surface area contributed by atoms with Gasteiger partial charge in [0, 0.05) is 42.9 Å². The number of benzene rings is 1. The molecule has 0 saturated carbocycles. The summed E-state index contributed by atoms with van der Waals surface area (Å²) in [4.78, 5) is 24.4. The first-order valence-electron chi connectivity index (χ1n) is 9.51. The second kappa shape index (κ2) is 8.00. The Bertz CT molecular complexity index is 1230. The normalized spacial score (nSPS) is 13.0. The van der Waals surface area contributed by atoms with Gasteiger partial charge in [-0.2, -0.15) is 0 Å². The zero-order valence-corrected chi connectivity index (χ0v) is 16.7. The van der Waals surface area contributed by atoms with Crippen LogP contribution in [-0.2, 0) is 13.1 Å². The molecular weight excluding hydrogens is 396 g/mol. The van der Waals surface area contributed by atoms with Crippen molar-refractivity contribution in [2.75, 3.05) is 4.90 Å². The Morgan fingerprint density at radius 1 is 0.800 bits per heavy atom. The van der Waals surface area contributed by atoms with Crippen molar-refractivity contribution in [3.8, 4) is 11.5 Å². The maximum atomic E-state index is 6.13. The van der Waals surface area contributed by atoms with Crippen molar-refractivity contribution in [2.45, 2.75) is 13.1 Å². The molecule has 4 aromatic rings. The summed E-state index contributed by atoms with van der Waals surface area (Å²) in [6, 6.07) is 13.6. The van der Waals surface area contributed by atoms with E-state index in [-0.39, 0.29) is 0 Å². The number of fused-ring (bicyclic) bond motifs is 1. The fraction of sp³-hybridized carbons (Fsp3) is 0.0870. The van der Waals surface area contributed by atoms with Crippen LogP contribution in [0.4, 0.5) is 5.95 Å². The van der Waals surface area contributed by atoms with Gasteiger partial charge in [-0.25, -0.2) is 19.9 Å². The lowest BCUT2D eigenvalue weighted by molar-refractivity contribution is 0.828. The number of anilines is 1. The molecule has 0 aliphatic carbocycles. The molecule has 1 aromatic carbocycles. The van der Waals surface area contributed by atoms with Gasteiger partial charge in [-0.1, -0.05) is 23.7 Å². The smallest absolute Gasteiger partial charge is 0.226 e. The van der Waals surface area contributed by atoms with Crippen LogP contribution in [0.15, 0.2) is 67.3 Å². The summed E-state index contributed by atoms with van der Waals surface area (Å²) in [5.41, 5.74) is 5.00. The Hall–Kier alpha value is -3.64. The highest BCUT2D eigenvalue weighted by Crippen LogP contribution is 2.28. The Morgan fingerprint density at radius 3 is 2.53 bits per heavy atom. The quantitative estimate of drug-likeness (QED) is 0.485. The average molecular weight is 413 g/mol. The molecule has 146 valence electrons. The molecule has 1 aliphatic rings. The molecule has 3 aromatic heterocycles. The molecule has 5 rings (SSSR count). The Morgan fingerprint density at radius 2 is 1.63 bits per heavy atom. The molecule has 6 nitrogen and oxygen atoms in total. The number of pyridine rings is 1. The first-order valence-corrected chi connectivity index (χ1v) is 9.89. The second-order valence-corrected chi connectivity index (χ2v) is 7.37. The largest absolute Gasteiger partial charge is 0.332 e. The highest BCUT2D eigenvalue weighted by molar-refractivity contribution is 6.30. The molecule has 0 spiro atoms. The van der Waals surface area contributed by atoms with Gasteiger partial charge >= 0.3 is 0 Å². The van der Waals surface area contributed by atoms with Gasteiger partial charge in [0.25, 0.3) is 0 Å². The van der Waals surface area contributed by atoms with E-state index in [4.69, 9.17) is 16.6 Å². The van der Waals surface area contributed by atoms with Crippen molar-refractivity contribution >= 4 is 29.7 Å². The minimum atomic E-state index is 0.565. The van der Waals surface area contributed by atoms with Gasteiger partial charge in [0.1, 0.15) is 5.69 Å². The zero-order valence-electron chi connectivity index (χ0n) is 16.0. The second-order valence-electron chi connectivity index (χ2n) is 6.93. The van der Waals surface area contributed by atoms with Crippen molar-refractivity contribution < 1.29 is 0 Å². The van der Waals surface area contributed by atoms with E-state index in [1.165, 1.54) is 11.1 Å². The first-order chi connectivity index (χ1) is 14.7. The highest BCUT2D eigenvalue weighted by Gasteiger charge is 2.21. The van der Waals surface area contributed by atoms with E-state index < -0.39 is 0 Å². The van der Waals surface area contributed by atoms with Crippen molar-refractivity contribution in [3.63, 3.8) is 0 Å². The summed E-state index contributed by atoms with van der Waals surface area (Å²) in [7, 11) is 0. The van der Waals surface area contributed by atoms with Crippen LogP contribution in [0.2, 0.25) is 5.02 Å². The summed E-state index contributed by atoms with van der Waals surface area (Å²) < 4.78 is 0. The van der Waals surface area contributed by atoms with Gasteiger partial charge in [-0.15, -0.1) is 0 Å². The molecule has 30 heavy (non-hydrogen) atoms. The van der Waals surface area contributed by atoms with E-state index in [1.54, 1.807) is 24.8 Å². The van der Waals surface area contributed by atoms with Gasteiger partial charge in [-0.05, 0) is 59.2 Å². The molecular formula is C23H17ClN6. The maximum Gasteiger partial charge on any atom is 0.226 e. The molecule has 0 fully saturated rings. The van der Waals surface area contributed by atoms with Crippen molar-refractivity contribution in [3.05, 3.63) is 94.7 Å². The van der Waals surface area contributed by atoms with E-state index in [9.17, 15) is 0 Å². The van der Waals surface area contributed by atoms with E-state index in [0.29, 0.717) is 17.5 Å². The number of nitrogens with zero attached hydrogens (tertiary/aromatic N) is 6. The summed E-state index contributed by atoms with van der Waals surface area (Å²) in [5, 5.41) is 0.746. The van der Waals surface area contributed by atoms with Crippen molar-refractivity contribution in [1.82, 2.24) is 24.9 Å². The third kappa shape index (κ3) is 3.90. The molecule has 0 N–H and O–H groups in total. The van der Waals surface area contributed by atoms with Gasteiger partial charge in [0.2, 0.25) is 5.95 Å². The molecule has 0 saturated heterocycles.